The van der Waals surface area contributed by atoms with Gasteiger partial charge in [0.15, 0.2) is 6.61 Å². The number of carbonyl (C=O) groups excluding carboxylic acids is 1. The van der Waals surface area contributed by atoms with E-state index in [1.54, 1.807) is 18.3 Å². The van der Waals surface area contributed by atoms with Gasteiger partial charge in [-0.25, -0.2) is 0 Å². The van der Waals surface area contributed by atoms with E-state index in [9.17, 15) is 9.59 Å². The molecule has 0 bridgehead atoms. The zero-order valence-corrected chi connectivity index (χ0v) is 19.5. The number of likely N-dealkylation sites (tertiary alicyclic amines) is 1. The van der Waals surface area contributed by atoms with Crippen LogP contribution in [0, 0.1) is 0 Å². The molecule has 0 aliphatic carbocycles. The Morgan fingerprint density at radius 3 is 2.88 bits per heavy atom. The molecule has 1 unspecified atom stereocenters. The summed E-state index contributed by atoms with van der Waals surface area (Å²) in [4.78, 5) is 30.9. The van der Waals surface area contributed by atoms with Crippen LogP contribution in [0.5, 0.6) is 5.75 Å². The van der Waals surface area contributed by atoms with Crippen molar-refractivity contribution < 1.29 is 9.53 Å². The van der Waals surface area contributed by atoms with E-state index < -0.39 is 0 Å². The number of aromatic nitrogens is 2. The SMILES string of the molecule is O=C1COc2ccc(CNC3CCN(CC4Cn5c(=O)ccc6ncc(Cl)c4c65)CC3)cc2N1. The van der Waals surface area contributed by atoms with Crippen LogP contribution < -0.4 is 20.9 Å². The van der Waals surface area contributed by atoms with E-state index in [0.717, 1.165) is 72.6 Å². The number of amides is 1. The Morgan fingerprint density at radius 1 is 1.18 bits per heavy atom. The molecule has 176 valence electrons. The lowest BCUT2D eigenvalue weighted by Crippen LogP contribution is -2.43. The normalized spacial score (nSPS) is 20.3. The second-order valence-corrected chi connectivity index (χ2v) is 9.76. The van der Waals surface area contributed by atoms with Gasteiger partial charge in [0.1, 0.15) is 5.75 Å². The van der Waals surface area contributed by atoms with Crippen LogP contribution in [0.3, 0.4) is 0 Å². The van der Waals surface area contributed by atoms with E-state index in [1.165, 1.54) is 0 Å². The van der Waals surface area contributed by atoms with Crippen LogP contribution in [0.1, 0.15) is 29.9 Å². The molecule has 1 aromatic carbocycles. The number of hydrogen-bond donors (Lipinski definition) is 2. The Bertz CT molecular complexity index is 1330. The monoisotopic (exact) mass is 479 g/mol. The maximum absolute atomic E-state index is 12.4. The smallest absolute Gasteiger partial charge is 0.262 e. The standard InChI is InChI=1S/C25H26ClN5O3/c26-18-11-28-19-2-4-23(33)31-13-16(24(18)25(19)31)12-30-7-5-17(6-8-30)27-10-15-1-3-21-20(9-15)29-22(32)14-34-21/h1-4,9,11,16-17,27H,5-8,10,12-14H2,(H,29,32). The minimum atomic E-state index is -0.117. The zero-order chi connectivity index (χ0) is 23.2. The van der Waals surface area contributed by atoms with Gasteiger partial charge in [0, 0.05) is 49.4 Å². The zero-order valence-electron chi connectivity index (χ0n) is 18.7. The maximum Gasteiger partial charge on any atom is 0.262 e. The molecule has 3 aliphatic rings. The number of nitrogens with zero attached hydrogens (tertiary/aromatic N) is 3. The minimum absolute atomic E-state index is 0.0107. The van der Waals surface area contributed by atoms with Gasteiger partial charge >= 0.3 is 0 Å². The summed E-state index contributed by atoms with van der Waals surface area (Å²) in [5.41, 5.74) is 4.67. The number of piperidine rings is 1. The van der Waals surface area contributed by atoms with Gasteiger partial charge in [0.2, 0.25) is 0 Å². The molecule has 1 saturated heterocycles. The lowest BCUT2D eigenvalue weighted by molar-refractivity contribution is -0.118. The van der Waals surface area contributed by atoms with E-state index in [1.807, 2.05) is 22.8 Å². The largest absolute Gasteiger partial charge is 0.482 e. The van der Waals surface area contributed by atoms with Gasteiger partial charge in [-0.2, -0.15) is 0 Å². The van der Waals surface area contributed by atoms with Gasteiger partial charge in [-0.05, 0) is 49.7 Å². The molecule has 1 atom stereocenters. The number of halogens is 1. The fourth-order valence-corrected chi connectivity index (χ4v) is 5.72. The molecule has 1 amide bonds. The van der Waals surface area contributed by atoms with Gasteiger partial charge in [-0.15, -0.1) is 0 Å². The van der Waals surface area contributed by atoms with Crippen molar-refractivity contribution >= 4 is 34.2 Å². The molecule has 0 radical (unpaired) electrons. The number of ether oxygens (including phenoxy) is 1. The number of nitrogens with one attached hydrogen (secondary N) is 2. The Kier molecular flexibility index (Phi) is 5.51. The molecule has 8 nitrogen and oxygen atoms in total. The topological polar surface area (TPSA) is 88.5 Å². The molecule has 34 heavy (non-hydrogen) atoms. The average molecular weight is 480 g/mol. The van der Waals surface area contributed by atoms with Crippen LogP contribution in [-0.2, 0) is 17.9 Å². The van der Waals surface area contributed by atoms with E-state index >= 15 is 0 Å². The van der Waals surface area contributed by atoms with Gasteiger partial charge in [0.05, 0.1) is 21.7 Å². The molecule has 5 heterocycles. The first-order valence-corrected chi connectivity index (χ1v) is 12.1. The van der Waals surface area contributed by atoms with Crippen LogP contribution in [0.25, 0.3) is 11.0 Å². The Balaban J connectivity index is 1.06. The number of rotatable bonds is 5. The Hall–Kier alpha value is -2.94. The summed E-state index contributed by atoms with van der Waals surface area (Å²) in [5.74, 6) is 0.805. The highest BCUT2D eigenvalue weighted by Gasteiger charge is 2.31. The first-order valence-electron chi connectivity index (χ1n) is 11.7. The molecule has 0 saturated carbocycles. The summed E-state index contributed by atoms with van der Waals surface area (Å²) in [7, 11) is 0. The third-order valence-electron chi connectivity index (χ3n) is 7.14. The summed E-state index contributed by atoms with van der Waals surface area (Å²) in [5, 5.41) is 7.18. The quantitative estimate of drug-likeness (QED) is 0.585. The molecular formula is C25H26ClN5O3. The Morgan fingerprint density at radius 2 is 2.03 bits per heavy atom. The highest BCUT2D eigenvalue weighted by atomic mass is 35.5. The van der Waals surface area contributed by atoms with Gasteiger partial charge in [0.25, 0.3) is 11.5 Å². The molecular weight excluding hydrogens is 454 g/mol. The summed E-state index contributed by atoms with van der Waals surface area (Å²) in [6.07, 6.45) is 3.83. The van der Waals surface area contributed by atoms with Crippen molar-refractivity contribution in [1.29, 1.82) is 0 Å². The van der Waals surface area contributed by atoms with Crippen LogP contribution in [-0.4, -0.2) is 52.6 Å². The number of benzene rings is 1. The van der Waals surface area contributed by atoms with Crippen molar-refractivity contribution in [3.63, 3.8) is 0 Å². The fourth-order valence-electron chi connectivity index (χ4n) is 5.43. The lowest BCUT2D eigenvalue weighted by atomic mass is 9.98. The third kappa shape index (κ3) is 3.96. The van der Waals surface area contributed by atoms with Gasteiger partial charge < -0.3 is 24.8 Å². The molecule has 3 aromatic rings. The van der Waals surface area contributed by atoms with Gasteiger partial charge in [-0.1, -0.05) is 17.7 Å². The van der Waals surface area contributed by atoms with Crippen molar-refractivity contribution in [2.45, 2.75) is 37.9 Å². The maximum atomic E-state index is 12.4. The number of hydrogen-bond acceptors (Lipinski definition) is 6. The first-order chi connectivity index (χ1) is 16.5. The highest BCUT2D eigenvalue weighted by molar-refractivity contribution is 6.32. The summed E-state index contributed by atoms with van der Waals surface area (Å²) >= 11 is 6.54. The van der Waals surface area contributed by atoms with Gasteiger partial charge in [-0.3, -0.25) is 14.6 Å². The average Bonchev–Trinajstić information content (AvgIpc) is 3.23. The van der Waals surface area contributed by atoms with Crippen molar-refractivity contribution in [3.05, 3.63) is 63.0 Å². The second-order valence-electron chi connectivity index (χ2n) is 9.36. The van der Waals surface area contributed by atoms with E-state index in [-0.39, 0.29) is 24.0 Å². The van der Waals surface area contributed by atoms with E-state index in [4.69, 9.17) is 16.3 Å². The number of anilines is 1. The van der Waals surface area contributed by atoms with Crippen LogP contribution in [0.15, 0.2) is 41.3 Å². The fraction of sp³-hybridized carbons (Fsp3) is 0.400. The molecule has 2 N–H and O–H groups in total. The lowest BCUT2D eigenvalue weighted by Gasteiger charge is -2.34. The minimum Gasteiger partial charge on any atom is -0.482 e. The summed E-state index contributed by atoms with van der Waals surface area (Å²) in [6.45, 7) is 4.37. The highest BCUT2D eigenvalue weighted by Crippen LogP contribution is 2.37. The third-order valence-corrected chi connectivity index (χ3v) is 7.44. The van der Waals surface area contributed by atoms with E-state index in [2.05, 4.69) is 20.5 Å². The summed E-state index contributed by atoms with van der Waals surface area (Å²) in [6, 6.07) is 9.76. The van der Waals surface area contributed by atoms with Crippen molar-refractivity contribution in [1.82, 2.24) is 19.8 Å². The molecule has 9 heteroatoms. The first kappa shape index (κ1) is 21.6. The number of carbonyl (C=O) groups is 1. The van der Waals surface area contributed by atoms with Crippen LogP contribution in [0.4, 0.5) is 5.69 Å². The molecule has 2 aromatic heterocycles. The van der Waals surface area contributed by atoms with E-state index in [0.29, 0.717) is 17.6 Å². The predicted molar refractivity (Wildman–Crippen MR) is 131 cm³/mol. The van der Waals surface area contributed by atoms with Crippen molar-refractivity contribution in [3.8, 4) is 5.75 Å². The number of fused-ring (bicyclic) bond motifs is 1. The predicted octanol–water partition coefficient (Wildman–Crippen LogP) is 2.73. The molecule has 1 fully saturated rings. The summed E-state index contributed by atoms with van der Waals surface area (Å²) < 4.78 is 7.26. The second kappa shape index (κ2) is 8.69. The van der Waals surface area contributed by atoms with Crippen molar-refractivity contribution in [2.75, 3.05) is 31.6 Å². The van der Waals surface area contributed by atoms with Crippen LogP contribution >= 0.6 is 11.6 Å². The molecule has 3 aliphatic heterocycles. The molecule has 0 spiro atoms. The Labute approximate surface area is 201 Å². The number of pyridine rings is 2. The van der Waals surface area contributed by atoms with Crippen molar-refractivity contribution in [2.24, 2.45) is 0 Å². The molecule has 6 rings (SSSR count). The van der Waals surface area contributed by atoms with Crippen LogP contribution in [0.2, 0.25) is 5.02 Å².